The molecule has 1 saturated heterocycles. The first-order valence-corrected chi connectivity index (χ1v) is 9.06. The Morgan fingerprint density at radius 3 is 2.67 bits per heavy atom. The molecule has 0 radical (unpaired) electrons. The quantitative estimate of drug-likeness (QED) is 0.345. The zero-order chi connectivity index (χ0) is 21.3. The number of imide groups is 1. The summed E-state index contributed by atoms with van der Waals surface area (Å²) in [6.45, 7) is 0.0539. The van der Waals surface area contributed by atoms with Crippen LogP contribution < -0.4 is 10.3 Å². The van der Waals surface area contributed by atoms with E-state index in [-0.39, 0.29) is 36.5 Å². The Bertz CT molecular complexity index is 1080. The van der Waals surface area contributed by atoms with E-state index in [1.807, 2.05) is 18.2 Å². The fourth-order valence-corrected chi connectivity index (χ4v) is 3.44. The molecule has 4 rings (SSSR count). The maximum Gasteiger partial charge on any atom is 0.354 e. The van der Waals surface area contributed by atoms with Crippen LogP contribution in [0.2, 0.25) is 0 Å². The van der Waals surface area contributed by atoms with Crippen LogP contribution in [0.25, 0.3) is 0 Å². The van der Waals surface area contributed by atoms with Crippen molar-refractivity contribution in [2.45, 2.75) is 25.0 Å². The predicted molar refractivity (Wildman–Crippen MR) is 104 cm³/mol. The van der Waals surface area contributed by atoms with Gasteiger partial charge in [-0.3, -0.25) is 25.1 Å². The highest BCUT2D eigenvalue weighted by atomic mass is 16.6. The number of rotatable bonds is 5. The number of benzene rings is 2. The Kier molecular flexibility index (Phi) is 4.74. The lowest BCUT2D eigenvalue weighted by atomic mass is 9.93. The molecule has 2 aromatic rings. The van der Waals surface area contributed by atoms with Crippen molar-refractivity contribution in [2.75, 3.05) is 4.90 Å². The zero-order valence-corrected chi connectivity index (χ0v) is 15.6. The number of nitro benzene ring substituents is 1. The monoisotopic (exact) mass is 408 g/mol. The van der Waals surface area contributed by atoms with Crippen LogP contribution >= 0.6 is 0 Å². The van der Waals surface area contributed by atoms with Crippen LogP contribution in [0, 0.1) is 10.1 Å². The molecule has 0 bridgehead atoms. The number of ether oxygens (including phenoxy) is 1. The van der Waals surface area contributed by atoms with Crippen molar-refractivity contribution >= 4 is 34.9 Å². The van der Waals surface area contributed by atoms with Gasteiger partial charge in [-0.1, -0.05) is 36.4 Å². The van der Waals surface area contributed by atoms with Crippen molar-refractivity contribution in [3.8, 4) is 0 Å². The predicted octanol–water partition coefficient (Wildman–Crippen LogP) is 1.69. The van der Waals surface area contributed by atoms with Crippen LogP contribution in [0.3, 0.4) is 0 Å². The molecule has 152 valence electrons. The third kappa shape index (κ3) is 3.39. The number of nitrogens with zero attached hydrogens (tertiary/aromatic N) is 3. The van der Waals surface area contributed by atoms with Gasteiger partial charge in [0.05, 0.1) is 17.0 Å². The number of hydrogen-bond acceptors (Lipinski definition) is 8. The number of anilines is 1. The van der Waals surface area contributed by atoms with Gasteiger partial charge in [0.15, 0.2) is 0 Å². The van der Waals surface area contributed by atoms with Crippen LogP contribution in [-0.4, -0.2) is 34.0 Å². The van der Waals surface area contributed by atoms with E-state index in [0.717, 1.165) is 16.5 Å². The summed E-state index contributed by atoms with van der Waals surface area (Å²) in [7, 11) is 0. The molecule has 30 heavy (non-hydrogen) atoms. The third-order valence-electron chi connectivity index (χ3n) is 4.94. The van der Waals surface area contributed by atoms with Crippen LogP contribution in [0.15, 0.2) is 59.7 Å². The summed E-state index contributed by atoms with van der Waals surface area (Å²) < 4.78 is 5.24. The molecule has 10 heteroatoms. The van der Waals surface area contributed by atoms with Gasteiger partial charge in [0.2, 0.25) is 5.91 Å². The maximum atomic E-state index is 13.0. The number of hydrogen-bond donors (Lipinski definition) is 1. The average Bonchev–Trinajstić information content (AvgIpc) is 3.28. The molecule has 1 atom stereocenters. The van der Waals surface area contributed by atoms with Crippen molar-refractivity contribution in [3.63, 3.8) is 0 Å². The Morgan fingerprint density at radius 2 is 1.93 bits per heavy atom. The SMILES string of the molecule is O=C(OCc1ccccc1)C1=NNC2(CC(=O)N(c3cccc([N+](=O)[O-])c3)C2=O)C1. The van der Waals surface area contributed by atoms with Gasteiger partial charge in [0.25, 0.3) is 11.6 Å². The third-order valence-corrected chi connectivity index (χ3v) is 4.94. The fraction of sp³-hybridized carbons (Fsp3) is 0.200. The van der Waals surface area contributed by atoms with Gasteiger partial charge in [-0.2, -0.15) is 5.10 Å². The Labute approximate surface area is 170 Å². The zero-order valence-electron chi connectivity index (χ0n) is 15.6. The van der Waals surface area contributed by atoms with Crippen LogP contribution in [0.1, 0.15) is 18.4 Å². The number of amides is 2. The molecule has 1 spiro atoms. The van der Waals surface area contributed by atoms with E-state index in [2.05, 4.69) is 10.5 Å². The summed E-state index contributed by atoms with van der Waals surface area (Å²) >= 11 is 0. The minimum Gasteiger partial charge on any atom is -0.456 e. The number of nitrogens with one attached hydrogen (secondary N) is 1. The number of nitro groups is 1. The fourth-order valence-electron chi connectivity index (χ4n) is 3.44. The van der Waals surface area contributed by atoms with Gasteiger partial charge in [-0.25, -0.2) is 9.69 Å². The van der Waals surface area contributed by atoms with E-state index in [1.54, 1.807) is 12.1 Å². The number of hydrazone groups is 1. The molecule has 0 aromatic heterocycles. The second-order valence-corrected chi connectivity index (χ2v) is 6.98. The van der Waals surface area contributed by atoms with Gasteiger partial charge < -0.3 is 4.74 Å². The summed E-state index contributed by atoms with van der Waals surface area (Å²) in [4.78, 5) is 49.2. The highest BCUT2D eigenvalue weighted by Crippen LogP contribution is 2.35. The van der Waals surface area contributed by atoms with E-state index in [0.29, 0.717) is 0 Å². The van der Waals surface area contributed by atoms with E-state index in [1.165, 1.54) is 18.2 Å². The first-order valence-electron chi connectivity index (χ1n) is 9.06. The molecule has 10 nitrogen and oxygen atoms in total. The van der Waals surface area contributed by atoms with Crippen molar-refractivity contribution in [1.82, 2.24) is 5.43 Å². The van der Waals surface area contributed by atoms with Crippen LogP contribution in [-0.2, 0) is 25.7 Å². The first kappa shape index (κ1) is 19.2. The number of carbonyl (C=O) groups is 3. The second-order valence-electron chi connectivity index (χ2n) is 6.98. The van der Waals surface area contributed by atoms with Crippen LogP contribution in [0.4, 0.5) is 11.4 Å². The minimum atomic E-state index is -1.40. The standard InChI is InChI=1S/C20H16N4O6/c25-17-11-20(19(27)23(17)14-7-4-8-15(9-14)24(28)29)10-16(21-22-20)18(26)30-12-13-5-2-1-3-6-13/h1-9,22H,10-12H2. The minimum absolute atomic E-state index is 0.00738. The lowest BCUT2D eigenvalue weighted by Gasteiger charge is -2.21. The molecular weight excluding hydrogens is 392 g/mol. The Balaban J connectivity index is 1.47. The normalized spacial score (nSPS) is 20.3. The first-order chi connectivity index (χ1) is 14.4. The summed E-state index contributed by atoms with van der Waals surface area (Å²) in [5, 5.41) is 14.9. The lowest BCUT2D eigenvalue weighted by Crippen LogP contribution is -2.47. The van der Waals surface area contributed by atoms with Gasteiger partial charge >= 0.3 is 5.97 Å². The van der Waals surface area contributed by atoms with Crippen molar-refractivity contribution in [3.05, 3.63) is 70.3 Å². The summed E-state index contributed by atoms with van der Waals surface area (Å²) in [5.41, 5.74) is 1.88. The highest BCUT2D eigenvalue weighted by Gasteiger charge is 2.56. The smallest absolute Gasteiger partial charge is 0.354 e. The number of esters is 1. The Morgan fingerprint density at radius 1 is 1.17 bits per heavy atom. The number of carbonyl (C=O) groups excluding carboxylic acids is 3. The molecule has 2 aliphatic rings. The molecule has 1 unspecified atom stereocenters. The molecule has 0 aliphatic carbocycles. The molecule has 2 amide bonds. The lowest BCUT2D eigenvalue weighted by molar-refractivity contribution is -0.384. The summed E-state index contributed by atoms with van der Waals surface area (Å²) in [6, 6.07) is 14.3. The van der Waals surface area contributed by atoms with Crippen molar-refractivity contribution in [2.24, 2.45) is 5.10 Å². The topological polar surface area (TPSA) is 131 Å². The molecule has 2 heterocycles. The molecule has 1 fully saturated rings. The van der Waals surface area contributed by atoms with Gasteiger partial charge in [-0.05, 0) is 11.6 Å². The molecule has 2 aromatic carbocycles. The Hall–Kier alpha value is -4.08. The van der Waals surface area contributed by atoms with Crippen LogP contribution in [0.5, 0.6) is 0 Å². The molecule has 0 saturated carbocycles. The molecule has 1 N–H and O–H groups in total. The van der Waals surface area contributed by atoms with E-state index < -0.39 is 28.2 Å². The number of non-ortho nitro benzene ring substituents is 1. The van der Waals surface area contributed by atoms with Gasteiger partial charge in [0, 0.05) is 18.6 Å². The molecule has 2 aliphatic heterocycles. The highest BCUT2D eigenvalue weighted by molar-refractivity contribution is 6.39. The summed E-state index contributed by atoms with van der Waals surface area (Å²) in [6.07, 6.45) is -0.343. The van der Waals surface area contributed by atoms with Crippen molar-refractivity contribution in [1.29, 1.82) is 0 Å². The second kappa shape index (κ2) is 7.39. The maximum absolute atomic E-state index is 13.0. The van der Waals surface area contributed by atoms with Gasteiger partial charge in [0.1, 0.15) is 17.9 Å². The van der Waals surface area contributed by atoms with Gasteiger partial charge in [-0.15, -0.1) is 0 Å². The van der Waals surface area contributed by atoms with E-state index in [4.69, 9.17) is 4.74 Å². The van der Waals surface area contributed by atoms with E-state index in [9.17, 15) is 24.5 Å². The van der Waals surface area contributed by atoms with E-state index >= 15 is 0 Å². The molecular formula is C20H16N4O6. The average molecular weight is 408 g/mol. The summed E-state index contributed by atoms with van der Waals surface area (Å²) in [5.74, 6) is -1.85. The van der Waals surface area contributed by atoms with Crippen molar-refractivity contribution < 1.29 is 24.0 Å². The largest absolute Gasteiger partial charge is 0.456 e.